The van der Waals surface area contributed by atoms with Gasteiger partial charge in [0.05, 0.1) is 24.0 Å². The van der Waals surface area contributed by atoms with Gasteiger partial charge in [-0.1, -0.05) is 18.6 Å². The van der Waals surface area contributed by atoms with Crippen molar-refractivity contribution in [1.82, 2.24) is 0 Å². The number of fused-ring (bicyclic) bond motifs is 1. The number of allylic oxidation sites excluding steroid dienone is 1. The van der Waals surface area contributed by atoms with Crippen molar-refractivity contribution >= 4 is 11.9 Å². The summed E-state index contributed by atoms with van der Waals surface area (Å²) >= 11 is 0. The minimum absolute atomic E-state index is 0.102. The highest BCUT2D eigenvalue weighted by Crippen LogP contribution is 2.78. The van der Waals surface area contributed by atoms with Crippen LogP contribution in [0.1, 0.15) is 45.4 Å². The van der Waals surface area contributed by atoms with Crippen LogP contribution in [0.4, 0.5) is 0 Å². The molecule has 1 spiro atoms. The number of hydrogen-bond donors (Lipinski definition) is 2. The lowest BCUT2D eigenvalue weighted by Crippen LogP contribution is -2.59. The molecule has 0 aromatic carbocycles. The zero-order valence-electron chi connectivity index (χ0n) is 14.7. The lowest BCUT2D eigenvalue weighted by atomic mass is 9.51. The normalized spacial score (nSPS) is 56.2. The Labute approximate surface area is 147 Å². The largest absolute Gasteiger partial charge is 0.481 e. The van der Waals surface area contributed by atoms with Crippen molar-refractivity contribution in [2.45, 2.75) is 51.6 Å². The van der Waals surface area contributed by atoms with Gasteiger partial charge in [0.25, 0.3) is 0 Å². The third kappa shape index (κ3) is 1.56. The lowest BCUT2D eigenvalue weighted by Gasteiger charge is -2.56. The van der Waals surface area contributed by atoms with Gasteiger partial charge in [-0.05, 0) is 56.3 Å². The van der Waals surface area contributed by atoms with E-state index in [9.17, 15) is 19.8 Å². The smallest absolute Gasteiger partial charge is 0.312 e. The highest BCUT2D eigenvalue weighted by Gasteiger charge is 2.79. The van der Waals surface area contributed by atoms with Crippen LogP contribution in [-0.2, 0) is 14.3 Å². The number of carboxylic acid groups (broad SMARTS) is 1. The summed E-state index contributed by atoms with van der Waals surface area (Å²) in [6.07, 6.45) is 4.07. The van der Waals surface area contributed by atoms with Gasteiger partial charge >= 0.3 is 11.9 Å². The fourth-order valence-corrected chi connectivity index (χ4v) is 8.27. The topological polar surface area (TPSA) is 83.8 Å². The molecular formula is C20H26O5. The molecule has 0 unspecified atom stereocenters. The number of aliphatic carboxylic acids is 1. The van der Waals surface area contributed by atoms with Crippen molar-refractivity contribution in [2.75, 3.05) is 6.61 Å². The molecule has 136 valence electrons. The maximum Gasteiger partial charge on any atom is 0.312 e. The van der Waals surface area contributed by atoms with E-state index in [4.69, 9.17) is 4.74 Å². The van der Waals surface area contributed by atoms with E-state index < -0.39 is 28.8 Å². The van der Waals surface area contributed by atoms with E-state index in [1.54, 1.807) is 0 Å². The Kier molecular flexibility index (Phi) is 2.84. The molecule has 5 fully saturated rings. The van der Waals surface area contributed by atoms with Gasteiger partial charge < -0.3 is 14.9 Å². The van der Waals surface area contributed by atoms with Crippen LogP contribution >= 0.6 is 0 Å². The van der Waals surface area contributed by atoms with Crippen LogP contribution in [0.15, 0.2) is 12.2 Å². The molecule has 0 amide bonds. The van der Waals surface area contributed by atoms with Gasteiger partial charge in [0.1, 0.15) is 0 Å². The number of esters is 1. The number of carbonyl (C=O) groups excluding carboxylic acids is 1. The van der Waals surface area contributed by atoms with Gasteiger partial charge in [0.2, 0.25) is 0 Å². The number of hydrogen-bond acceptors (Lipinski definition) is 4. The van der Waals surface area contributed by atoms with Gasteiger partial charge in [0.15, 0.2) is 0 Å². The van der Waals surface area contributed by atoms with Crippen molar-refractivity contribution < 1.29 is 24.5 Å². The third-order valence-electron chi connectivity index (χ3n) is 8.71. The second kappa shape index (κ2) is 4.48. The van der Waals surface area contributed by atoms with E-state index in [1.807, 2.05) is 6.92 Å². The number of carboxylic acids is 1. The third-order valence-corrected chi connectivity index (χ3v) is 8.71. The van der Waals surface area contributed by atoms with Crippen LogP contribution in [0.25, 0.3) is 0 Å². The van der Waals surface area contributed by atoms with Crippen LogP contribution in [0.5, 0.6) is 0 Å². The molecule has 5 aliphatic rings. The Hall–Kier alpha value is -1.36. The van der Waals surface area contributed by atoms with E-state index in [1.165, 1.54) is 0 Å². The van der Waals surface area contributed by atoms with Crippen molar-refractivity contribution in [3.63, 3.8) is 0 Å². The molecule has 4 bridgehead atoms. The molecule has 4 saturated carbocycles. The van der Waals surface area contributed by atoms with Gasteiger partial charge in [0, 0.05) is 11.3 Å². The highest BCUT2D eigenvalue weighted by molar-refractivity contribution is 5.82. The molecule has 5 nitrogen and oxygen atoms in total. The molecular weight excluding hydrogens is 320 g/mol. The summed E-state index contributed by atoms with van der Waals surface area (Å²) in [4.78, 5) is 25.2. The van der Waals surface area contributed by atoms with E-state index in [0.29, 0.717) is 19.3 Å². The fourth-order valence-electron chi connectivity index (χ4n) is 8.27. The summed E-state index contributed by atoms with van der Waals surface area (Å²) in [6, 6.07) is 0. The molecule has 4 aliphatic carbocycles. The second-order valence-corrected chi connectivity index (χ2v) is 9.62. The van der Waals surface area contributed by atoms with Crippen molar-refractivity contribution in [3.05, 3.63) is 12.2 Å². The molecule has 0 aromatic rings. The minimum Gasteiger partial charge on any atom is -0.481 e. The maximum absolute atomic E-state index is 12.7. The molecule has 5 heteroatoms. The summed E-state index contributed by atoms with van der Waals surface area (Å²) in [6.45, 7) is 6.39. The first-order chi connectivity index (χ1) is 11.8. The van der Waals surface area contributed by atoms with Crippen molar-refractivity contribution in [2.24, 2.45) is 39.9 Å². The van der Waals surface area contributed by atoms with E-state index in [0.717, 1.165) is 24.8 Å². The van der Waals surface area contributed by atoms with Gasteiger partial charge in [-0.15, -0.1) is 0 Å². The van der Waals surface area contributed by atoms with Gasteiger partial charge in [-0.3, -0.25) is 9.59 Å². The quantitative estimate of drug-likeness (QED) is 0.563. The number of rotatable bonds is 1. The summed E-state index contributed by atoms with van der Waals surface area (Å²) in [5.41, 5.74) is -0.506. The Morgan fingerprint density at radius 3 is 2.76 bits per heavy atom. The van der Waals surface area contributed by atoms with Crippen LogP contribution in [0.2, 0.25) is 0 Å². The fraction of sp³-hybridized carbons (Fsp3) is 0.800. The zero-order chi connectivity index (χ0) is 17.8. The molecule has 2 N–H and O–H groups in total. The number of ether oxygens (including phenoxy) is 1. The van der Waals surface area contributed by atoms with Gasteiger partial charge in [-0.25, -0.2) is 0 Å². The first-order valence-corrected chi connectivity index (χ1v) is 9.52. The Balaban J connectivity index is 1.78. The number of carbonyl (C=O) groups is 2. The molecule has 1 saturated heterocycles. The summed E-state index contributed by atoms with van der Waals surface area (Å²) in [5, 5.41) is 21.4. The molecule has 0 aromatic heterocycles. The van der Waals surface area contributed by atoms with Crippen LogP contribution < -0.4 is 0 Å². The van der Waals surface area contributed by atoms with E-state index >= 15 is 0 Å². The minimum atomic E-state index is -0.803. The predicted molar refractivity (Wildman–Crippen MR) is 88.4 cm³/mol. The summed E-state index contributed by atoms with van der Waals surface area (Å²) < 4.78 is 5.64. The molecule has 5 rings (SSSR count). The summed E-state index contributed by atoms with van der Waals surface area (Å²) in [5.74, 6) is -1.76. The Morgan fingerprint density at radius 1 is 1.28 bits per heavy atom. The van der Waals surface area contributed by atoms with Crippen molar-refractivity contribution in [3.8, 4) is 0 Å². The van der Waals surface area contributed by atoms with Crippen LogP contribution in [0.3, 0.4) is 0 Å². The molecule has 0 radical (unpaired) electrons. The zero-order valence-corrected chi connectivity index (χ0v) is 14.7. The molecule has 1 heterocycles. The Bertz CT molecular complexity index is 700. The number of aliphatic hydroxyl groups is 1. The average molecular weight is 346 g/mol. The van der Waals surface area contributed by atoms with E-state index in [-0.39, 0.29) is 35.7 Å². The molecule has 8 atom stereocenters. The summed E-state index contributed by atoms with van der Waals surface area (Å²) in [7, 11) is 0. The Morgan fingerprint density at radius 2 is 2.04 bits per heavy atom. The number of aliphatic hydroxyl groups excluding tert-OH is 1. The predicted octanol–water partition coefficient (Wildman–Crippen LogP) is 2.38. The standard InChI is InChI=1S/C20H26O5/c1-10-7-20-8-11(10)6-12(21)14(20)19-5-3-4-18(2,17(24)25-9-19)15(19)13(20)16(22)23/h11-15,21H,1,3-9H2,2H3,(H,22,23)/t11-,12+,13-,14+,15-,18-,19-,20-/m1/s1. The molecule has 1 aliphatic heterocycles. The van der Waals surface area contributed by atoms with Crippen molar-refractivity contribution in [1.29, 1.82) is 0 Å². The average Bonchev–Trinajstić information content (AvgIpc) is 2.94. The SMILES string of the molecule is C=C1C[C@]23C[C@H]1C[C@H](O)[C@H]2[C@@]12CCC[C@@](C)(C(=O)OC1)[C@H]2[C@@H]3C(=O)O. The monoisotopic (exact) mass is 346 g/mol. The van der Waals surface area contributed by atoms with Crippen LogP contribution in [0, 0.1) is 39.9 Å². The molecule has 25 heavy (non-hydrogen) atoms. The number of cyclic esters (lactones) is 1. The first kappa shape index (κ1) is 15.9. The maximum atomic E-state index is 12.7. The first-order valence-electron chi connectivity index (χ1n) is 9.52. The van der Waals surface area contributed by atoms with E-state index in [2.05, 4.69) is 6.58 Å². The second-order valence-electron chi connectivity index (χ2n) is 9.62. The van der Waals surface area contributed by atoms with Crippen LogP contribution in [-0.4, -0.2) is 34.9 Å². The highest BCUT2D eigenvalue weighted by atomic mass is 16.5. The lowest BCUT2D eigenvalue weighted by molar-refractivity contribution is -0.205. The van der Waals surface area contributed by atoms with Gasteiger partial charge in [-0.2, -0.15) is 0 Å².